The highest BCUT2D eigenvalue weighted by atomic mass is 16.5. The molecule has 4 bridgehead atoms. The van der Waals surface area contributed by atoms with Crippen molar-refractivity contribution in [1.29, 1.82) is 0 Å². The minimum atomic E-state index is -0.536. The maximum absolute atomic E-state index is 12.0. The SMILES string of the molecule is NC(=O)C1=CC2CN1/C=C\N=C/OC/C=C\C=C/c1ccc3c(c1)c(nc1ccccc13)O2. The van der Waals surface area contributed by atoms with Gasteiger partial charge in [0.05, 0.1) is 12.1 Å². The number of pyridine rings is 1. The maximum Gasteiger partial charge on any atom is 0.265 e. The number of benzene rings is 2. The normalized spacial score (nSPS) is 22.0. The molecule has 164 valence electrons. The Balaban J connectivity index is 1.63. The van der Waals surface area contributed by atoms with Crippen LogP contribution in [0.4, 0.5) is 0 Å². The van der Waals surface area contributed by atoms with Crippen LogP contribution in [0.15, 0.2) is 89.9 Å². The minimum absolute atomic E-state index is 0.349. The largest absolute Gasteiger partial charge is 0.479 e. The molecule has 7 heteroatoms. The quantitative estimate of drug-likeness (QED) is 0.582. The molecular weight excluding hydrogens is 416 g/mol. The summed E-state index contributed by atoms with van der Waals surface area (Å²) in [6.45, 7) is 0.801. The van der Waals surface area contributed by atoms with E-state index in [0.717, 1.165) is 27.2 Å². The molecule has 0 fully saturated rings. The average Bonchev–Trinajstić information content (AvgIpc) is 3.22. The molecular formula is C26H22N4O3. The Labute approximate surface area is 190 Å². The third-order valence-electron chi connectivity index (χ3n) is 5.43. The molecule has 1 amide bonds. The highest BCUT2D eigenvalue weighted by Gasteiger charge is 2.27. The van der Waals surface area contributed by atoms with E-state index >= 15 is 0 Å². The molecule has 5 rings (SSSR count). The van der Waals surface area contributed by atoms with Crippen LogP contribution >= 0.6 is 0 Å². The number of aliphatic imine (C=N–C) groups is 1. The number of para-hydroxylation sites is 1. The molecule has 1 aromatic heterocycles. The van der Waals surface area contributed by atoms with Gasteiger partial charge in [0.2, 0.25) is 5.88 Å². The van der Waals surface area contributed by atoms with Gasteiger partial charge < -0.3 is 20.1 Å². The summed E-state index contributed by atoms with van der Waals surface area (Å²) in [6.07, 6.45) is 13.7. The van der Waals surface area contributed by atoms with E-state index in [1.807, 2.05) is 42.5 Å². The standard InChI is InChI=1S/C26H22N4O3/c27-25(31)24-15-19-16-30(24)12-11-28-17-32-13-5-1-2-6-18-9-10-20-21-7-3-4-8-23(21)29-26(33-19)22(20)14-18/h1-12,14-15,17,19H,13,16H2,(H2,27,31)/b5-1-,6-2-,12-11-,28-17-. The van der Waals surface area contributed by atoms with Crippen molar-refractivity contribution in [2.45, 2.75) is 6.10 Å². The lowest BCUT2D eigenvalue weighted by atomic mass is 10.0. The molecule has 0 spiro atoms. The molecule has 2 aliphatic heterocycles. The Kier molecular flexibility index (Phi) is 5.59. The fourth-order valence-corrected chi connectivity index (χ4v) is 3.93. The van der Waals surface area contributed by atoms with E-state index in [4.69, 9.17) is 20.2 Å². The van der Waals surface area contributed by atoms with Crippen molar-refractivity contribution in [2.24, 2.45) is 10.7 Å². The smallest absolute Gasteiger partial charge is 0.265 e. The second-order valence-electron chi connectivity index (χ2n) is 7.64. The van der Waals surface area contributed by atoms with Gasteiger partial charge in [0.25, 0.3) is 5.91 Å². The van der Waals surface area contributed by atoms with Crippen LogP contribution in [0.2, 0.25) is 0 Å². The first-order valence-electron chi connectivity index (χ1n) is 10.6. The molecule has 3 heterocycles. The molecule has 2 aromatic carbocycles. The highest BCUT2D eigenvalue weighted by Crippen LogP contribution is 2.33. The lowest BCUT2D eigenvalue weighted by molar-refractivity contribution is -0.115. The average molecular weight is 438 g/mol. The van der Waals surface area contributed by atoms with Crippen molar-refractivity contribution >= 4 is 40.1 Å². The van der Waals surface area contributed by atoms with Crippen molar-refractivity contribution in [3.05, 3.63) is 90.4 Å². The number of amides is 1. The van der Waals surface area contributed by atoms with Crippen molar-refractivity contribution in [3.63, 3.8) is 0 Å². The number of nitrogens with zero attached hydrogens (tertiary/aromatic N) is 3. The summed E-state index contributed by atoms with van der Waals surface area (Å²) in [4.78, 5) is 22.6. The predicted molar refractivity (Wildman–Crippen MR) is 129 cm³/mol. The number of ether oxygens (including phenoxy) is 2. The first-order chi connectivity index (χ1) is 16.2. The Morgan fingerprint density at radius 1 is 1.09 bits per heavy atom. The molecule has 1 atom stereocenters. The Morgan fingerprint density at radius 3 is 2.91 bits per heavy atom. The van der Waals surface area contributed by atoms with Gasteiger partial charge in [0.15, 0.2) is 6.40 Å². The van der Waals surface area contributed by atoms with E-state index < -0.39 is 12.0 Å². The van der Waals surface area contributed by atoms with Gasteiger partial charge in [-0.25, -0.2) is 9.98 Å². The molecule has 0 saturated heterocycles. The maximum atomic E-state index is 12.0. The third kappa shape index (κ3) is 4.34. The summed E-state index contributed by atoms with van der Waals surface area (Å²) in [5.74, 6) is -0.0244. The molecule has 33 heavy (non-hydrogen) atoms. The van der Waals surface area contributed by atoms with Crippen LogP contribution < -0.4 is 10.5 Å². The van der Waals surface area contributed by atoms with E-state index in [9.17, 15) is 4.79 Å². The van der Waals surface area contributed by atoms with Crippen LogP contribution in [0.5, 0.6) is 5.88 Å². The second kappa shape index (κ2) is 9.00. The number of rotatable bonds is 1. The van der Waals surface area contributed by atoms with Gasteiger partial charge in [-0.05, 0) is 35.2 Å². The molecule has 2 N–H and O–H groups in total. The van der Waals surface area contributed by atoms with Crippen molar-refractivity contribution in [3.8, 4) is 5.88 Å². The summed E-state index contributed by atoms with van der Waals surface area (Å²) in [6, 6.07) is 14.2. The second-order valence-corrected chi connectivity index (χ2v) is 7.64. The number of primary amides is 1. The molecule has 1 unspecified atom stereocenters. The zero-order valence-electron chi connectivity index (χ0n) is 17.8. The lowest BCUT2D eigenvalue weighted by Crippen LogP contribution is -2.27. The summed E-state index contributed by atoms with van der Waals surface area (Å²) >= 11 is 0. The number of aromatic nitrogens is 1. The van der Waals surface area contributed by atoms with Crippen LogP contribution in [-0.2, 0) is 9.53 Å². The van der Waals surface area contributed by atoms with Gasteiger partial charge in [-0.2, -0.15) is 0 Å². The number of nitrogens with two attached hydrogens (primary N) is 1. The number of allylic oxidation sites excluding steroid dienone is 2. The number of hydrogen-bond acceptors (Lipinski definition) is 6. The summed E-state index contributed by atoms with van der Waals surface area (Å²) in [5, 5.41) is 3.00. The molecule has 0 radical (unpaired) electrons. The molecule has 7 nitrogen and oxygen atoms in total. The monoisotopic (exact) mass is 438 g/mol. The Bertz CT molecular complexity index is 1370. The van der Waals surface area contributed by atoms with E-state index in [1.165, 1.54) is 6.40 Å². The first kappa shape index (κ1) is 20.5. The van der Waals surface area contributed by atoms with Gasteiger partial charge in [0, 0.05) is 23.2 Å². The van der Waals surface area contributed by atoms with Gasteiger partial charge >= 0.3 is 0 Å². The molecule has 0 aliphatic carbocycles. The zero-order valence-corrected chi connectivity index (χ0v) is 17.8. The van der Waals surface area contributed by atoms with Crippen molar-refractivity contribution in [2.75, 3.05) is 13.2 Å². The third-order valence-corrected chi connectivity index (χ3v) is 5.43. The van der Waals surface area contributed by atoms with E-state index in [1.54, 1.807) is 23.4 Å². The van der Waals surface area contributed by atoms with Gasteiger partial charge in [-0.15, -0.1) is 0 Å². The van der Waals surface area contributed by atoms with Gasteiger partial charge in [-0.3, -0.25) is 4.79 Å². The summed E-state index contributed by atoms with van der Waals surface area (Å²) in [7, 11) is 0. The van der Waals surface area contributed by atoms with E-state index in [2.05, 4.69) is 29.3 Å². The van der Waals surface area contributed by atoms with Crippen LogP contribution in [0, 0.1) is 0 Å². The lowest BCUT2D eigenvalue weighted by Gasteiger charge is -2.18. The molecule has 2 aliphatic rings. The highest BCUT2D eigenvalue weighted by molar-refractivity contribution is 6.08. The summed E-state index contributed by atoms with van der Waals surface area (Å²) < 4.78 is 11.7. The first-order valence-corrected chi connectivity index (χ1v) is 10.6. The van der Waals surface area contributed by atoms with Crippen LogP contribution in [0.1, 0.15) is 5.56 Å². The Morgan fingerprint density at radius 2 is 2.00 bits per heavy atom. The number of fused-ring (bicyclic) bond motifs is 5. The predicted octanol–water partition coefficient (Wildman–Crippen LogP) is 3.92. The minimum Gasteiger partial charge on any atom is -0.479 e. The van der Waals surface area contributed by atoms with Crippen LogP contribution in [0.25, 0.3) is 27.8 Å². The van der Waals surface area contributed by atoms with Crippen molar-refractivity contribution in [1.82, 2.24) is 9.88 Å². The number of carbonyl (C=O) groups is 1. The topological polar surface area (TPSA) is 90.0 Å². The van der Waals surface area contributed by atoms with Crippen LogP contribution in [-0.4, -0.2) is 41.4 Å². The number of carbonyl (C=O) groups excluding carboxylic acids is 1. The Hall–Kier alpha value is -4.39. The molecule has 0 saturated carbocycles. The number of hydrogen-bond donors (Lipinski definition) is 1. The van der Waals surface area contributed by atoms with Crippen molar-refractivity contribution < 1.29 is 14.3 Å². The summed E-state index contributed by atoms with van der Waals surface area (Å²) in [5.41, 5.74) is 7.80. The zero-order chi connectivity index (χ0) is 22.6. The van der Waals surface area contributed by atoms with Crippen LogP contribution in [0.3, 0.4) is 0 Å². The van der Waals surface area contributed by atoms with Gasteiger partial charge in [-0.1, -0.05) is 48.6 Å². The van der Waals surface area contributed by atoms with E-state index in [0.29, 0.717) is 24.7 Å². The fraction of sp³-hybridized carbons (Fsp3) is 0.115. The van der Waals surface area contributed by atoms with Gasteiger partial charge in [0.1, 0.15) is 18.4 Å². The fourth-order valence-electron chi connectivity index (χ4n) is 3.93. The van der Waals surface area contributed by atoms with E-state index in [-0.39, 0.29) is 0 Å². The molecule has 3 aromatic rings.